The van der Waals surface area contributed by atoms with E-state index in [1.165, 1.54) is 6.92 Å². The molecule has 0 fully saturated rings. The second-order valence-electron chi connectivity index (χ2n) is 3.71. The largest absolute Gasteiger partial charge is 0.384 e. The molecule has 0 aliphatic heterocycles. The van der Waals surface area contributed by atoms with E-state index in [1.54, 1.807) is 6.92 Å². The topological polar surface area (TPSA) is 79.0 Å². The normalized spacial score (nSPS) is 10.8. The van der Waals surface area contributed by atoms with Gasteiger partial charge in [-0.25, -0.2) is 0 Å². The maximum absolute atomic E-state index is 10.9. The minimum Gasteiger partial charge on any atom is -0.384 e. The van der Waals surface area contributed by atoms with Gasteiger partial charge in [0.15, 0.2) is 0 Å². The van der Waals surface area contributed by atoms with Gasteiger partial charge in [0.1, 0.15) is 5.82 Å². The summed E-state index contributed by atoms with van der Waals surface area (Å²) in [6.45, 7) is 2.93. The van der Waals surface area contributed by atoms with E-state index in [0.717, 1.165) is 5.56 Å². The molecule has 0 saturated heterocycles. The molecule has 4 N–H and O–H groups in total. The van der Waals surface area contributed by atoms with Crippen molar-refractivity contribution in [3.8, 4) is 11.8 Å². The highest BCUT2D eigenvalue weighted by Gasteiger charge is 2.04. The van der Waals surface area contributed by atoms with Crippen LogP contribution in [0.15, 0.2) is 41.7 Å². The van der Waals surface area contributed by atoms with Crippen molar-refractivity contribution in [3.05, 3.63) is 47.3 Å². The zero-order valence-electron chi connectivity index (χ0n) is 10.4. The SMILES string of the molecule is CC(=N)/C(C#Cc1ccccc1)=C(\N)NC(C)=O. The molecule has 0 unspecified atom stereocenters. The number of carbonyl (C=O) groups excluding carboxylic acids is 1. The molecule has 0 aromatic heterocycles. The van der Waals surface area contributed by atoms with Gasteiger partial charge in [0.2, 0.25) is 5.91 Å². The summed E-state index contributed by atoms with van der Waals surface area (Å²) >= 11 is 0. The molecule has 0 heterocycles. The lowest BCUT2D eigenvalue weighted by atomic mass is 10.1. The van der Waals surface area contributed by atoms with E-state index in [9.17, 15) is 4.79 Å². The number of carbonyl (C=O) groups is 1. The highest BCUT2D eigenvalue weighted by molar-refractivity contribution is 6.01. The summed E-state index contributed by atoms with van der Waals surface area (Å²) in [5.41, 5.74) is 7.05. The van der Waals surface area contributed by atoms with Crippen molar-refractivity contribution < 1.29 is 4.79 Å². The van der Waals surface area contributed by atoms with Gasteiger partial charge in [0.25, 0.3) is 0 Å². The number of nitrogens with two attached hydrogens (primary N) is 1. The van der Waals surface area contributed by atoms with Crippen LogP contribution in [-0.4, -0.2) is 11.6 Å². The number of hydrogen-bond acceptors (Lipinski definition) is 3. The molecule has 0 saturated carbocycles. The van der Waals surface area contributed by atoms with E-state index < -0.39 is 0 Å². The molecule has 1 aromatic carbocycles. The van der Waals surface area contributed by atoms with Gasteiger partial charge in [-0.15, -0.1) is 0 Å². The number of hydrogen-bond donors (Lipinski definition) is 3. The lowest BCUT2D eigenvalue weighted by Gasteiger charge is -2.05. The van der Waals surface area contributed by atoms with Crippen molar-refractivity contribution in [1.29, 1.82) is 5.41 Å². The Morgan fingerprint density at radius 1 is 1.28 bits per heavy atom. The Morgan fingerprint density at radius 2 is 1.89 bits per heavy atom. The van der Waals surface area contributed by atoms with Crippen LogP contribution in [0.1, 0.15) is 19.4 Å². The fourth-order valence-electron chi connectivity index (χ4n) is 1.27. The van der Waals surface area contributed by atoms with E-state index in [0.29, 0.717) is 5.57 Å². The molecule has 18 heavy (non-hydrogen) atoms. The Balaban J connectivity index is 3.06. The predicted molar refractivity (Wildman–Crippen MR) is 71.8 cm³/mol. The van der Waals surface area contributed by atoms with Gasteiger partial charge in [-0.3, -0.25) is 4.79 Å². The minimum absolute atomic E-state index is 0.110. The van der Waals surface area contributed by atoms with Crippen LogP contribution < -0.4 is 11.1 Å². The summed E-state index contributed by atoms with van der Waals surface area (Å²) in [4.78, 5) is 10.9. The van der Waals surface area contributed by atoms with Crippen LogP contribution in [0.5, 0.6) is 0 Å². The zero-order valence-corrected chi connectivity index (χ0v) is 10.4. The summed E-state index contributed by atoms with van der Waals surface area (Å²) in [7, 11) is 0. The third-order valence-corrected chi connectivity index (χ3v) is 2.06. The summed E-state index contributed by atoms with van der Waals surface area (Å²) < 4.78 is 0. The monoisotopic (exact) mass is 241 g/mol. The number of rotatable bonds is 2. The molecule has 1 amide bonds. The Kier molecular flexibility index (Phi) is 4.70. The van der Waals surface area contributed by atoms with Crippen molar-refractivity contribution in [2.24, 2.45) is 5.73 Å². The fraction of sp³-hybridized carbons (Fsp3) is 0.143. The van der Waals surface area contributed by atoms with E-state index >= 15 is 0 Å². The molecule has 0 aliphatic rings. The third kappa shape index (κ3) is 4.14. The van der Waals surface area contributed by atoms with Crippen LogP contribution in [0, 0.1) is 17.3 Å². The van der Waals surface area contributed by atoms with Crippen molar-refractivity contribution in [1.82, 2.24) is 5.32 Å². The molecule has 0 radical (unpaired) electrons. The first-order valence-electron chi connectivity index (χ1n) is 5.40. The molecule has 0 bridgehead atoms. The van der Waals surface area contributed by atoms with Crippen LogP contribution >= 0.6 is 0 Å². The van der Waals surface area contributed by atoms with Crippen molar-refractivity contribution >= 4 is 11.6 Å². The van der Waals surface area contributed by atoms with Crippen LogP contribution in [0.25, 0.3) is 0 Å². The standard InChI is InChI=1S/C14H15N3O/c1-10(15)13(14(16)17-11(2)18)9-8-12-6-4-3-5-7-12/h3-7,15H,16H2,1-2H3,(H,17,18)/b14-13+,15-10?. The van der Waals surface area contributed by atoms with Crippen LogP contribution in [0.2, 0.25) is 0 Å². The van der Waals surface area contributed by atoms with Crippen LogP contribution in [0.3, 0.4) is 0 Å². The molecule has 0 atom stereocenters. The number of amides is 1. The summed E-state index contributed by atoms with van der Waals surface area (Å²) in [5, 5.41) is 10.0. The van der Waals surface area contributed by atoms with Gasteiger partial charge in [-0.05, 0) is 19.1 Å². The third-order valence-electron chi connectivity index (χ3n) is 2.06. The highest BCUT2D eigenvalue weighted by atomic mass is 16.1. The zero-order chi connectivity index (χ0) is 13.5. The number of allylic oxidation sites excluding steroid dienone is 1. The first-order chi connectivity index (χ1) is 8.50. The van der Waals surface area contributed by atoms with Crippen LogP contribution in [-0.2, 0) is 4.79 Å². The van der Waals surface area contributed by atoms with Crippen molar-refractivity contribution in [2.75, 3.05) is 0 Å². The first-order valence-corrected chi connectivity index (χ1v) is 5.40. The minimum atomic E-state index is -0.284. The van der Waals surface area contributed by atoms with E-state index in [4.69, 9.17) is 11.1 Å². The molecule has 0 aliphatic carbocycles. The van der Waals surface area contributed by atoms with Gasteiger partial charge < -0.3 is 16.5 Å². The Hall–Kier alpha value is -2.54. The molecule has 92 valence electrons. The van der Waals surface area contributed by atoms with Crippen LogP contribution in [0.4, 0.5) is 0 Å². The first kappa shape index (κ1) is 13.5. The van der Waals surface area contributed by atoms with Gasteiger partial charge in [0.05, 0.1) is 5.57 Å². The second-order valence-corrected chi connectivity index (χ2v) is 3.71. The number of nitrogens with one attached hydrogen (secondary N) is 2. The van der Waals surface area contributed by atoms with Crippen molar-refractivity contribution in [2.45, 2.75) is 13.8 Å². The van der Waals surface area contributed by atoms with E-state index in [2.05, 4.69) is 17.2 Å². The quantitative estimate of drug-likeness (QED) is 0.540. The smallest absolute Gasteiger partial charge is 0.222 e. The van der Waals surface area contributed by atoms with Gasteiger partial charge in [-0.2, -0.15) is 0 Å². The Labute approximate surface area is 106 Å². The molecule has 4 nitrogen and oxygen atoms in total. The summed E-state index contributed by atoms with van der Waals surface area (Å²) in [6.07, 6.45) is 0. The lowest BCUT2D eigenvalue weighted by molar-refractivity contribution is -0.118. The van der Waals surface area contributed by atoms with Gasteiger partial charge >= 0.3 is 0 Å². The van der Waals surface area contributed by atoms with E-state index in [-0.39, 0.29) is 17.4 Å². The van der Waals surface area contributed by atoms with Gasteiger partial charge in [-0.1, -0.05) is 30.0 Å². The lowest BCUT2D eigenvalue weighted by Crippen LogP contribution is -2.27. The molecule has 1 aromatic rings. The van der Waals surface area contributed by atoms with E-state index in [1.807, 2.05) is 30.3 Å². The average Bonchev–Trinajstić information content (AvgIpc) is 2.29. The maximum atomic E-state index is 10.9. The molecule has 4 heteroatoms. The molecular formula is C14H15N3O. The maximum Gasteiger partial charge on any atom is 0.222 e. The predicted octanol–water partition coefficient (Wildman–Crippen LogP) is 1.38. The highest BCUT2D eigenvalue weighted by Crippen LogP contribution is 2.00. The molecular weight excluding hydrogens is 226 g/mol. The summed E-state index contributed by atoms with van der Waals surface area (Å²) in [5.74, 6) is 5.53. The van der Waals surface area contributed by atoms with Gasteiger partial charge in [0, 0.05) is 18.2 Å². The Morgan fingerprint density at radius 3 is 2.39 bits per heavy atom. The summed E-state index contributed by atoms with van der Waals surface area (Å²) in [6, 6.07) is 9.37. The number of benzene rings is 1. The fourth-order valence-corrected chi connectivity index (χ4v) is 1.27. The molecule has 1 rings (SSSR count). The van der Waals surface area contributed by atoms with Crippen molar-refractivity contribution in [3.63, 3.8) is 0 Å². The molecule has 0 spiro atoms. The average molecular weight is 241 g/mol. The Bertz CT molecular complexity index is 547. The second kappa shape index (κ2) is 6.26.